The van der Waals surface area contributed by atoms with Crippen molar-refractivity contribution in [3.05, 3.63) is 12.2 Å². The van der Waals surface area contributed by atoms with E-state index in [0.29, 0.717) is 17.8 Å². The first-order valence-electron chi connectivity index (χ1n) is 11.5. The Labute approximate surface area is 169 Å². The van der Waals surface area contributed by atoms with E-state index in [1.807, 2.05) is 0 Å². The monoisotopic (exact) mass is 390 g/mol. The van der Waals surface area contributed by atoms with Crippen molar-refractivity contribution in [3.63, 3.8) is 0 Å². The molecule has 28 heavy (non-hydrogen) atoms. The molecule has 0 aromatic carbocycles. The third-order valence-electron chi connectivity index (χ3n) is 9.67. The van der Waals surface area contributed by atoms with Crippen LogP contribution in [0.2, 0.25) is 0 Å². The summed E-state index contributed by atoms with van der Waals surface area (Å²) in [5.74, 6) is 0.993. The molecule has 0 aromatic heterocycles. The van der Waals surface area contributed by atoms with Crippen molar-refractivity contribution < 1.29 is 19.7 Å². The summed E-state index contributed by atoms with van der Waals surface area (Å²) in [6, 6.07) is 0. The van der Waals surface area contributed by atoms with Crippen molar-refractivity contribution in [2.24, 2.45) is 34.5 Å². The Balaban J connectivity index is 1.68. The van der Waals surface area contributed by atoms with Gasteiger partial charge in [-0.1, -0.05) is 19.9 Å². The number of fused-ring (bicyclic) bond motifs is 3. The van der Waals surface area contributed by atoms with E-state index in [1.165, 1.54) is 12.0 Å². The molecule has 2 N–H and O–H groups in total. The van der Waals surface area contributed by atoms with E-state index in [4.69, 9.17) is 9.47 Å². The molecule has 6 fully saturated rings. The fourth-order valence-electron chi connectivity index (χ4n) is 8.65. The standard InChI is InChI=1S/C24H38O4/c1-15-10-16-6-9-24(15)20-17(11-16)23(14-26)8-5-7-22(4,13-25)19(23)12-18(20)27-21(2,3)28-24/h16-20,25-26H,1,5-14H2,2-4H3/t16-,17?,18+,19?,20?,22-,23?,24+/m0/s1. The van der Waals surface area contributed by atoms with E-state index in [0.717, 1.165) is 44.9 Å². The summed E-state index contributed by atoms with van der Waals surface area (Å²) in [5, 5.41) is 21.2. The van der Waals surface area contributed by atoms with E-state index < -0.39 is 5.79 Å². The molecule has 4 heteroatoms. The lowest BCUT2D eigenvalue weighted by molar-refractivity contribution is -0.377. The third kappa shape index (κ3) is 2.38. The average Bonchev–Trinajstić information content (AvgIpc) is 2.87. The zero-order chi connectivity index (χ0) is 19.9. The maximum atomic E-state index is 10.9. The lowest BCUT2D eigenvalue weighted by Gasteiger charge is -2.66. The minimum Gasteiger partial charge on any atom is -0.396 e. The van der Waals surface area contributed by atoms with Crippen molar-refractivity contribution in [2.75, 3.05) is 13.2 Å². The van der Waals surface area contributed by atoms with Crippen LogP contribution < -0.4 is 0 Å². The zero-order valence-corrected chi connectivity index (χ0v) is 17.9. The van der Waals surface area contributed by atoms with Crippen molar-refractivity contribution in [2.45, 2.75) is 89.6 Å². The minimum absolute atomic E-state index is 0.121. The molecule has 2 bridgehead atoms. The molecule has 1 saturated heterocycles. The molecule has 4 nitrogen and oxygen atoms in total. The predicted octanol–water partition coefficient (Wildman–Crippen LogP) is 4.05. The second-order valence-corrected chi connectivity index (χ2v) is 11.5. The summed E-state index contributed by atoms with van der Waals surface area (Å²) in [4.78, 5) is 0. The lowest BCUT2D eigenvalue weighted by atomic mass is 9.43. The van der Waals surface area contributed by atoms with Crippen LogP contribution in [0.15, 0.2) is 12.2 Å². The highest BCUT2D eigenvalue weighted by molar-refractivity contribution is 5.28. The molecule has 1 spiro atoms. The highest BCUT2D eigenvalue weighted by atomic mass is 16.7. The van der Waals surface area contributed by atoms with E-state index in [9.17, 15) is 10.2 Å². The predicted molar refractivity (Wildman–Crippen MR) is 108 cm³/mol. The zero-order valence-electron chi connectivity index (χ0n) is 17.9. The van der Waals surface area contributed by atoms with Gasteiger partial charge in [-0.15, -0.1) is 0 Å². The van der Waals surface area contributed by atoms with Crippen LogP contribution in [0.4, 0.5) is 0 Å². The quantitative estimate of drug-likeness (QED) is 0.699. The Kier molecular flexibility index (Phi) is 4.23. The summed E-state index contributed by atoms with van der Waals surface area (Å²) in [6.07, 6.45) is 8.68. The molecule has 4 unspecified atom stereocenters. The van der Waals surface area contributed by atoms with Crippen LogP contribution in [0, 0.1) is 34.5 Å². The first-order chi connectivity index (χ1) is 13.2. The maximum Gasteiger partial charge on any atom is 0.164 e. The molecular weight excluding hydrogens is 352 g/mol. The van der Waals surface area contributed by atoms with Crippen molar-refractivity contribution >= 4 is 0 Å². The molecule has 8 atom stereocenters. The first kappa shape index (κ1) is 19.5. The minimum atomic E-state index is -0.616. The fourth-order valence-corrected chi connectivity index (χ4v) is 8.65. The van der Waals surface area contributed by atoms with E-state index in [-0.39, 0.29) is 41.7 Å². The summed E-state index contributed by atoms with van der Waals surface area (Å²) in [6.45, 7) is 11.3. The van der Waals surface area contributed by atoms with Gasteiger partial charge < -0.3 is 19.7 Å². The molecule has 5 saturated carbocycles. The van der Waals surface area contributed by atoms with Gasteiger partial charge in [-0.3, -0.25) is 0 Å². The number of hydrogen-bond acceptors (Lipinski definition) is 4. The smallest absolute Gasteiger partial charge is 0.164 e. The second kappa shape index (κ2) is 6.06. The van der Waals surface area contributed by atoms with E-state index in [2.05, 4.69) is 27.4 Å². The van der Waals surface area contributed by atoms with Gasteiger partial charge in [-0.05, 0) is 87.5 Å². The van der Waals surface area contributed by atoms with E-state index in [1.54, 1.807) is 0 Å². The van der Waals surface area contributed by atoms with Crippen LogP contribution in [0.3, 0.4) is 0 Å². The van der Waals surface area contributed by atoms with Gasteiger partial charge in [0, 0.05) is 24.5 Å². The van der Waals surface area contributed by atoms with Gasteiger partial charge in [0.15, 0.2) is 5.79 Å². The topological polar surface area (TPSA) is 58.9 Å². The van der Waals surface area contributed by atoms with Crippen LogP contribution in [0.5, 0.6) is 0 Å². The highest BCUT2D eigenvalue weighted by Crippen LogP contribution is 2.69. The number of ether oxygens (including phenoxy) is 2. The van der Waals surface area contributed by atoms with Gasteiger partial charge in [-0.2, -0.15) is 0 Å². The fraction of sp³-hybridized carbons (Fsp3) is 0.917. The Morgan fingerprint density at radius 2 is 1.86 bits per heavy atom. The van der Waals surface area contributed by atoms with Crippen LogP contribution in [-0.2, 0) is 9.47 Å². The van der Waals surface area contributed by atoms with Crippen LogP contribution in [0.1, 0.15) is 72.1 Å². The Hall–Kier alpha value is -0.420. The summed E-state index contributed by atoms with van der Waals surface area (Å²) >= 11 is 0. The van der Waals surface area contributed by atoms with Gasteiger partial charge in [0.2, 0.25) is 0 Å². The molecule has 0 radical (unpaired) electrons. The summed E-state index contributed by atoms with van der Waals surface area (Å²) in [7, 11) is 0. The average molecular weight is 391 g/mol. The number of rotatable bonds is 2. The lowest BCUT2D eigenvalue weighted by Crippen LogP contribution is -2.69. The Morgan fingerprint density at radius 1 is 1.07 bits per heavy atom. The van der Waals surface area contributed by atoms with Gasteiger partial charge in [0.1, 0.15) is 0 Å². The van der Waals surface area contributed by atoms with Crippen molar-refractivity contribution in [1.82, 2.24) is 0 Å². The third-order valence-corrected chi connectivity index (χ3v) is 9.67. The van der Waals surface area contributed by atoms with Crippen molar-refractivity contribution in [1.29, 1.82) is 0 Å². The van der Waals surface area contributed by atoms with Crippen LogP contribution in [-0.4, -0.2) is 40.9 Å². The molecule has 6 aliphatic rings. The molecular formula is C24H38O4. The molecule has 5 aliphatic carbocycles. The van der Waals surface area contributed by atoms with Gasteiger partial charge in [0.25, 0.3) is 0 Å². The van der Waals surface area contributed by atoms with Gasteiger partial charge in [0.05, 0.1) is 11.7 Å². The van der Waals surface area contributed by atoms with Gasteiger partial charge >= 0.3 is 0 Å². The molecule has 0 amide bonds. The normalized spacial score (nSPS) is 54.6. The highest BCUT2D eigenvalue weighted by Gasteiger charge is 2.69. The maximum absolute atomic E-state index is 10.9. The Morgan fingerprint density at radius 3 is 2.54 bits per heavy atom. The molecule has 158 valence electrons. The largest absolute Gasteiger partial charge is 0.396 e. The Bertz CT molecular complexity index is 674. The number of aliphatic hydroxyl groups is 2. The van der Waals surface area contributed by atoms with Gasteiger partial charge in [-0.25, -0.2) is 0 Å². The molecule has 1 heterocycles. The van der Waals surface area contributed by atoms with Crippen LogP contribution in [0.25, 0.3) is 0 Å². The SMILES string of the molecule is C=C1C[C@@H]2CC[C@@]13OC(C)(C)O[C@@H]1CC4C(CO)(CCC[C@@]4(C)CO)C(C2)C13. The molecule has 0 aromatic rings. The molecule has 1 aliphatic heterocycles. The summed E-state index contributed by atoms with van der Waals surface area (Å²) in [5.41, 5.74) is 0.714. The first-order valence-corrected chi connectivity index (χ1v) is 11.5. The summed E-state index contributed by atoms with van der Waals surface area (Å²) < 4.78 is 13.4. The van der Waals surface area contributed by atoms with Crippen LogP contribution >= 0.6 is 0 Å². The molecule has 6 rings (SSSR count). The number of aliphatic hydroxyl groups excluding tert-OH is 2. The second-order valence-electron chi connectivity index (χ2n) is 11.5. The van der Waals surface area contributed by atoms with Crippen molar-refractivity contribution in [3.8, 4) is 0 Å². The number of hydrogen-bond donors (Lipinski definition) is 2. The van der Waals surface area contributed by atoms with E-state index >= 15 is 0 Å².